The molecule has 1 unspecified atom stereocenters. The quantitative estimate of drug-likeness (QED) is 0.812. The third-order valence-electron chi connectivity index (χ3n) is 2.71. The molecule has 0 heterocycles. The molecule has 0 aliphatic carbocycles. The predicted octanol–water partition coefficient (Wildman–Crippen LogP) is 2.13. The van der Waals surface area contributed by atoms with E-state index in [1.54, 1.807) is 0 Å². The second-order valence-corrected chi connectivity index (χ2v) is 4.46. The van der Waals surface area contributed by atoms with Crippen LogP contribution in [0.25, 0.3) is 0 Å². The smallest absolute Gasteiger partial charge is 0.0449 e. The molecule has 2 nitrogen and oxygen atoms in total. The predicted molar refractivity (Wildman–Crippen MR) is 66.3 cm³/mol. The summed E-state index contributed by atoms with van der Waals surface area (Å²) >= 11 is 0. The summed E-state index contributed by atoms with van der Waals surface area (Å²) in [6.07, 6.45) is 0. The summed E-state index contributed by atoms with van der Waals surface area (Å²) in [6.45, 7) is 5.35. The number of hydrogen-bond donors (Lipinski definition) is 1. The number of likely N-dealkylation sites (N-methyl/N-ethyl adjacent to an activating group) is 2. The van der Waals surface area contributed by atoms with Gasteiger partial charge in [-0.2, -0.15) is 0 Å². The zero-order chi connectivity index (χ0) is 11.4. The van der Waals surface area contributed by atoms with Crippen LogP contribution in [0.15, 0.2) is 18.2 Å². The average Bonchev–Trinajstić information content (AvgIpc) is 2.18. The van der Waals surface area contributed by atoms with Crippen LogP contribution in [0.1, 0.15) is 22.7 Å². The van der Waals surface area contributed by atoms with Crippen LogP contribution in [-0.4, -0.2) is 32.6 Å². The Bertz CT molecular complexity index is 318. The van der Waals surface area contributed by atoms with E-state index < -0.39 is 0 Å². The van der Waals surface area contributed by atoms with Crippen LogP contribution in [0.2, 0.25) is 0 Å². The molecule has 1 rings (SSSR count). The normalized spacial score (nSPS) is 13.2. The molecule has 1 N–H and O–H groups in total. The monoisotopic (exact) mass is 206 g/mol. The molecule has 0 saturated heterocycles. The molecule has 0 saturated carbocycles. The largest absolute Gasteiger partial charge is 0.312 e. The first-order valence-corrected chi connectivity index (χ1v) is 5.43. The van der Waals surface area contributed by atoms with Crippen molar-refractivity contribution in [3.8, 4) is 0 Å². The van der Waals surface area contributed by atoms with Gasteiger partial charge in [-0.3, -0.25) is 0 Å². The maximum atomic E-state index is 3.38. The Morgan fingerprint density at radius 3 is 2.47 bits per heavy atom. The third-order valence-corrected chi connectivity index (χ3v) is 2.71. The topological polar surface area (TPSA) is 15.3 Å². The molecule has 0 bridgehead atoms. The molecule has 1 aromatic rings. The Kier molecular flexibility index (Phi) is 4.30. The summed E-state index contributed by atoms with van der Waals surface area (Å²) < 4.78 is 0. The van der Waals surface area contributed by atoms with Gasteiger partial charge in [-0.1, -0.05) is 23.8 Å². The van der Waals surface area contributed by atoms with E-state index in [4.69, 9.17) is 0 Å². The van der Waals surface area contributed by atoms with E-state index in [9.17, 15) is 0 Å². The second kappa shape index (κ2) is 5.29. The molecule has 1 atom stereocenters. The van der Waals surface area contributed by atoms with Crippen LogP contribution >= 0.6 is 0 Å². The number of rotatable bonds is 4. The van der Waals surface area contributed by atoms with Crippen molar-refractivity contribution in [2.75, 3.05) is 27.7 Å². The van der Waals surface area contributed by atoms with Crippen molar-refractivity contribution in [3.63, 3.8) is 0 Å². The molecule has 0 aliphatic rings. The van der Waals surface area contributed by atoms with Crippen molar-refractivity contribution in [2.45, 2.75) is 19.9 Å². The van der Waals surface area contributed by atoms with E-state index in [-0.39, 0.29) is 0 Å². The Morgan fingerprint density at radius 2 is 1.93 bits per heavy atom. The number of aryl methyl sites for hydroxylation is 2. The zero-order valence-electron chi connectivity index (χ0n) is 10.5. The summed E-state index contributed by atoms with van der Waals surface area (Å²) in [4.78, 5) is 2.21. The molecule has 0 aliphatic heterocycles. The molecule has 1 aromatic carbocycles. The van der Waals surface area contributed by atoms with Crippen LogP contribution in [-0.2, 0) is 0 Å². The van der Waals surface area contributed by atoms with Gasteiger partial charge in [0.15, 0.2) is 0 Å². The minimum Gasteiger partial charge on any atom is -0.312 e. The van der Waals surface area contributed by atoms with E-state index in [0.717, 1.165) is 6.54 Å². The Labute approximate surface area is 93.3 Å². The highest BCUT2D eigenvalue weighted by atomic mass is 15.1. The van der Waals surface area contributed by atoms with Gasteiger partial charge in [0.2, 0.25) is 0 Å². The van der Waals surface area contributed by atoms with Gasteiger partial charge in [0, 0.05) is 12.6 Å². The van der Waals surface area contributed by atoms with Crippen molar-refractivity contribution in [1.82, 2.24) is 10.2 Å². The maximum absolute atomic E-state index is 3.38. The van der Waals surface area contributed by atoms with Gasteiger partial charge in [0.05, 0.1) is 0 Å². The van der Waals surface area contributed by atoms with Crippen molar-refractivity contribution in [2.24, 2.45) is 0 Å². The fourth-order valence-electron chi connectivity index (χ4n) is 1.85. The van der Waals surface area contributed by atoms with Crippen molar-refractivity contribution in [1.29, 1.82) is 0 Å². The summed E-state index contributed by atoms with van der Waals surface area (Å²) in [7, 11) is 6.24. The first kappa shape index (κ1) is 12.2. The first-order chi connectivity index (χ1) is 7.04. The van der Waals surface area contributed by atoms with Crippen molar-refractivity contribution < 1.29 is 0 Å². The Balaban J connectivity index is 2.95. The van der Waals surface area contributed by atoms with Crippen LogP contribution < -0.4 is 5.32 Å². The minimum atomic E-state index is 0.417. The van der Waals surface area contributed by atoms with Crippen LogP contribution in [0.3, 0.4) is 0 Å². The molecule has 0 aromatic heterocycles. The second-order valence-electron chi connectivity index (χ2n) is 4.46. The van der Waals surface area contributed by atoms with E-state index in [2.05, 4.69) is 56.4 Å². The average molecular weight is 206 g/mol. The van der Waals surface area contributed by atoms with Gasteiger partial charge in [-0.05, 0) is 46.1 Å². The minimum absolute atomic E-state index is 0.417. The molecule has 84 valence electrons. The van der Waals surface area contributed by atoms with E-state index in [1.165, 1.54) is 16.7 Å². The number of hydrogen-bond acceptors (Lipinski definition) is 2. The van der Waals surface area contributed by atoms with Crippen LogP contribution in [0.5, 0.6) is 0 Å². The lowest BCUT2D eigenvalue weighted by molar-refractivity contribution is 0.352. The lowest BCUT2D eigenvalue weighted by Crippen LogP contribution is -2.29. The molecule has 15 heavy (non-hydrogen) atoms. The fourth-order valence-corrected chi connectivity index (χ4v) is 1.85. The van der Waals surface area contributed by atoms with E-state index in [1.807, 2.05) is 7.05 Å². The lowest BCUT2D eigenvalue weighted by Gasteiger charge is -2.23. The highest BCUT2D eigenvalue weighted by Gasteiger charge is 2.12. The molecular formula is C13H22N2. The summed E-state index contributed by atoms with van der Waals surface area (Å²) in [5, 5.41) is 3.38. The number of nitrogens with one attached hydrogen (secondary N) is 1. The highest BCUT2D eigenvalue weighted by Crippen LogP contribution is 2.19. The molecule has 0 fully saturated rings. The van der Waals surface area contributed by atoms with Crippen molar-refractivity contribution >= 4 is 0 Å². The van der Waals surface area contributed by atoms with Gasteiger partial charge in [-0.15, -0.1) is 0 Å². The van der Waals surface area contributed by atoms with Gasteiger partial charge in [-0.25, -0.2) is 0 Å². The van der Waals surface area contributed by atoms with Crippen LogP contribution in [0, 0.1) is 13.8 Å². The Hall–Kier alpha value is -0.860. The standard InChI is InChI=1S/C13H22N2/c1-10-6-7-11(2)12(8-10)13(14-3)9-15(4)5/h6-8,13-14H,9H2,1-5H3. The molecule has 0 amide bonds. The summed E-state index contributed by atoms with van der Waals surface area (Å²) in [5.41, 5.74) is 4.10. The number of nitrogens with zero attached hydrogens (tertiary/aromatic N) is 1. The zero-order valence-corrected chi connectivity index (χ0v) is 10.5. The van der Waals surface area contributed by atoms with Crippen LogP contribution in [0.4, 0.5) is 0 Å². The lowest BCUT2D eigenvalue weighted by atomic mass is 9.99. The highest BCUT2D eigenvalue weighted by molar-refractivity contribution is 5.33. The Morgan fingerprint density at radius 1 is 1.27 bits per heavy atom. The van der Waals surface area contributed by atoms with Gasteiger partial charge in [0.25, 0.3) is 0 Å². The molecular weight excluding hydrogens is 184 g/mol. The maximum Gasteiger partial charge on any atom is 0.0449 e. The van der Waals surface area contributed by atoms with E-state index >= 15 is 0 Å². The fraction of sp³-hybridized carbons (Fsp3) is 0.538. The third kappa shape index (κ3) is 3.33. The summed E-state index contributed by atoms with van der Waals surface area (Å²) in [6, 6.07) is 7.06. The SMILES string of the molecule is CNC(CN(C)C)c1cc(C)ccc1C. The van der Waals surface area contributed by atoms with Gasteiger partial charge in [0.1, 0.15) is 0 Å². The van der Waals surface area contributed by atoms with Gasteiger partial charge >= 0.3 is 0 Å². The molecule has 2 heteroatoms. The summed E-state index contributed by atoms with van der Waals surface area (Å²) in [5.74, 6) is 0. The molecule has 0 radical (unpaired) electrons. The van der Waals surface area contributed by atoms with Gasteiger partial charge < -0.3 is 10.2 Å². The molecule has 0 spiro atoms. The van der Waals surface area contributed by atoms with Crippen molar-refractivity contribution in [3.05, 3.63) is 34.9 Å². The van der Waals surface area contributed by atoms with E-state index in [0.29, 0.717) is 6.04 Å². The first-order valence-electron chi connectivity index (χ1n) is 5.43. The number of benzene rings is 1.